The predicted octanol–water partition coefficient (Wildman–Crippen LogP) is 1.51. The minimum atomic E-state index is -0.369. The summed E-state index contributed by atoms with van der Waals surface area (Å²) in [6.07, 6.45) is 1.60. The number of H-pyrrole nitrogens is 1. The fourth-order valence-electron chi connectivity index (χ4n) is 1.89. The van der Waals surface area contributed by atoms with E-state index in [-0.39, 0.29) is 11.2 Å². The van der Waals surface area contributed by atoms with Crippen LogP contribution in [0.1, 0.15) is 22.3 Å². The van der Waals surface area contributed by atoms with E-state index in [2.05, 4.69) is 11.1 Å². The smallest absolute Gasteiger partial charge is 0.296 e. The third kappa shape index (κ3) is 2.42. The number of benzene rings is 1. The van der Waals surface area contributed by atoms with Crippen LogP contribution in [-0.4, -0.2) is 9.55 Å². The van der Waals surface area contributed by atoms with Crippen molar-refractivity contribution in [3.05, 3.63) is 67.5 Å². The van der Waals surface area contributed by atoms with Crippen LogP contribution in [0.25, 0.3) is 0 Å². The van der Waals surface area contributed by atoms with Gasteiger partial charge in [-0.3, -0.25) is 14.3 Å². The van der Waals surface area contributed by atoms with Crippen LogP contribution in [0.15, 0.2) is 34.0 Å². The van der Waals surface area contributed by atoms with E-state index in [9.17, 15) is 9.59 Å². The van der Waals surface area contributed by atoms with Gasteiger partial charge in [0, 0.05) is 11.8 Å². The van der Waals surface area contributed by atoms with Crippen molar-refractivity contribution in [2.45, 2.75) is 27.3 Å². The Kier molecular flexibility index (Phi) is 3.19. The van der Waals surface area contributed by atoms with Crippen molar-refractivity contribution < 1.29 is 0 Å². The summed E-state index contributed by atoms with van der Waals surface area (Å²) in [5.74, 6) is 0. The molecule has 2 rings (SSSR count). The Balaban J connectivity index is 2.46. The number of aromatic amines is 1. The largest absolute Gasteiger partial charge is 0.328 e. The fraction of sp³-hybridized carbons (Fsp3) is 0.286. The number of nitrogens with one attached hydrogen (secondary N) is 1. The highest BCUT2D eigenvalue weighted by Crippen LogP contribution is 2.11. The molecule has 0 bridgehead atoms. The highest BCUT2D eigenvalue weighted by atomic mass is 16.2. The average Bonchev–Trinajstić information content (AvgIpc) is 2.30. The zero-order valence-electron chi connectivity index (χ0n) is 10.8. The minimum Gasteiger partial charge on any atom is -0.296 e. The molecule has 0 fully saturated rings. The molecule has 4 heteroatoms. The molecule has 0 unspecified atom stereocenters. The molecule has 4 nitrogen and oxygen atoms in total. The van der Waals surface area contributed by atoms with Crippen LogP contribution in [-0.2, 0) is 6.54 Å². The molecular formula is C14H16N2O2. The van der Waals surface area contributed by atoms with E-state index in [4.69, 9.17) is 0 Å². The summed E-state index contributed by atoms with van der Waals surface area (Å²) < 4.78 is 1.53. The van der Waals surface area contributed by atoms with Crippen molar-refractivity contribution in [2.75, 3.05) is 0 Å². The van der Waals surface area contributed by atoms with E-state index in [0.29, 0.717) is 12.1 Å². The molecule has 0 aliphatic rings. The molecule has 94 valence electrons. The molecule has 0 radical (unpaired) electrons. The molecule has 0 saturated heterocycles. The second-order valence-electron chi connectivity index (χ2n) is 4.63. The van der Waals surface area contributed by atoms with Gasteiger partial charge in [-0.2, -0.15) is 0 Å². The van der Waals surface area contributed by atoms with Gasteiger partial charge >= 0.3 is 5.69 Å². The monoisotopic (exact) mass is 244 g/mol. The Morgan fingerprint density at radius 2 is 1.83 bits per heavy atom. The van der Waals surface area contributed by atoms with E-state index < -0.39 is 0 Å². The topological polar surface area (TPSA) is 54.9 Å². The zero-order chi connectivity index (χ0) is 13.3. The van der Waals surface area contributed by atoms with Gasteiger partial charge in [-0.1, -0.05) is 23.8 Å². The van der Waals surface area contributed by atoms with Crippen LogP contribution in [0.3, 0.4) is 0 Å². The summed E-state index contributed by atoms with van der Waals surface area (Å²) in [6.45, 7) is 6.20. The molecule has 1 aromatic carbocycles. The van der Waals surface area contributed by atoms with Crippen molar-refractivity contribution >= 4 is 0 Å². The quantitative estimate of drug-likeness (QED) is 0.870. The van der Waals surface area contributed by atoms with Crippen molar-refractivity contribution in [1.82, 2.24) is 9.55 Å². The van der Waals surface area contributed by atoms with Crippen LogP contribution in [0.2, 0.25) is 0 Å². The summed E-state index contributed by atoms with van der Waals surface area (Å²) in [5, 5.41) is 0. The number of aryl methyl sites for hydroxylation is 3. The Morgan fingerprint density at radius 3 is 2.56 bits per heavy atom. The Labute approximate surface area is 105 Å². The summed E-state index contributed by atoms with van der Waals surface area (Å²) in [4.78, 5) is 25.3. The van der Waals surface area contributed by atoms with Crippen molar-refractivity contribution in [2.24, 2.45) is 0 Å². The van der Waals surface area contributed by atoms with Gasteiger partial charge in [-0.05, 0) is 31.9 Å². The van der Waals surface area contributed by atoms with Gasteiger partial charge in [0.25, 0.3) is 5.56 Å². The van der Waals surface area contributed by atoms with Crippen molar-refractivity contribution in [3.8, 4) is 0 Å². The maximum absolute atomic E-state index is 11.7. The lowest BCUT2D eigenvalue weighted by atomic mass is 10.1. The first kappa shape index (κ1) is 12.4. The molecule has 0 amide bonds. The first-order valence-corrected chi connectivity index (χ1v) is 5.84. The van der Waals surface area contributed by atoms with E-state index in [0.717, 1.165) is 16.7 Å². The molecular weight excluding hydrogens is 228 g/mol. The predicted molar refractivity (Wildman–Crippen MR) is 71.1 cm³/mol. The standard InChI is InChI=1S/C14H16N2O2/c1-9-4-5-10(2)12(6-9)8-16-7-11(3)13(17)15-14(16)18/h4-7H,8H2,1-3H3,(H,15,17,18). The summed E-state index contributed by atoms with van der Waals surface area (Å²) >= 11 is 0. The second kappa shape index (κ2) is 4.64. The molecule has 0 atom stereocenters. The minimum absolute atomic E-state index is 0.322. The first-order valence-electron chi connectivity index (χ1n) is 5.84. The highest BCUT2D eigenvalue weighted by Gasteiger charge is 2.04. The van der Waals surface area contributed by atoms with Gasteiger partial charge in [-0.25, -0.2) is 4.79 Å². The van der Waals surface area contributed by atoms with Gasteiger partial charge in [0.15, 0.2) is 0 Å². The lowest BCUT2D eigenvalue weighted by Gasteiger charge is -2.09. The lowest BCUT2D eigenvalue weighted by molar-refractivity contribution is 0.710. The average molecular weight is 244 g/mol. The highest BCUT2D eigenvalue weighted by molar-refractivity contribution is 5.30. The number of hydrogen-bond donors (Lipinski definition) is 1. The zero-order valence-corrected chi connectivity index (χ0v) is 10.8. The van der Waals surface area contributed by atoms with E-state index in [1.54, 1.807) is 13.1 Å². The number of rotatable bonds is 2. The number of hydrogen-bond acceptors (Lipinski definition) is 2. The van der Waals surface area contributed by atoms with Crippen molar-refractivity contribution in [1.29, 1.82) is 0 Å². The third-order valence-corrected chi connectivity index (χ3v) is 3.03. The van der Waals surface area contributed by atoms with Crippen LogP contribution in [0.4, 0.5) is 0 Å². The van der Waals surface area contributed by atoms with Gasteiger partial charge in [-0.15, -0.1) is 0 Å². The molecule has 0 saturated carbocycles. The first-order chi connectivity index (χ1) is 8.47. The summed E-state index contributed by atoms with van der Waals surface area (Å²) in [7, 11) is 0. The summed E-state index contributed by atoms with van der Waals surface area (Å²) in [5.41, 5.74) is 3.23. The number of aromatic nitrogens is 2. The van der Waals surface area contributed by atoms with Gasteiger partial charge in [0.1, 0.15) is 0 Å². The van der Waals surface area contributed by atoms with Crippen LogP contribution in [0.5, 0.6) is 0 Å². The lowest BCUT2D eigenvalue weighted by Crippen LogP contribution is -2.31. The molecule has 2 aromatic rings. The SMILES string of the molecule is Cc1ccc(C)c(Cn2cc(C)c(=O)[nH]c2=O)c1. The van der Waals surface area contributed by atoms with E-state index in [1.165, 1.54) is 4.57 Å². The normalized spacial score (nSPS) is 10.6. The Morgan fingerprint density at radius 1 is 1.11 bits per heavy atom. The second-order valence-corrected chi connectivity index (χ2v) is 4.63. The molecule has 18 heavy (non-hydrogen) atoms. The molecule has 1 aromatic heterocycles. The van der Waals surface area contributed by atoms with Gasteiger partial charge in [0.2, 0.25) is 0 Å². The van der Waals surface area contributed by atoms with Crippen LogP contribution >= 0.6 is 0 Å². The van der Waals surface area contributed by atoms with Gasteiger partial charge in [0.05, 0.1) is 6.54 Å². The van der Waals surface area contributed by atoms with Crippen molar-refractivity contribution in [3.63, 3.8) is 0 Å². The molecule has 1 heterocycles. The van der Waals surface area contributed by atoms with Crippen LogP contribution < -0.4 is 11.2 Å². The Hall–Kier alpha value is -2.10. The van der Waals surface area contributed by atoms with E-state index >= 15 is 0 Å². The maximum Gasteiger partial charge on any atom is 0.328 e. The molecule has 0 spiro atoms. The van der Waals surface area contributed by atoms with E-state index in [1.807, 2.05) is 26.0 Å². The maximum atomic E-state index is 11.7. The van der Waals surface area contributed by atoms with Gasteiger partial charge < -0.3 is 0 Å². The Bertz CT molecular complexity index is 696. The third-order valence-electron chi connectivity index (χ3n) is 3.03. The number of nitrogens with zero attached hydrogens (tertiary/aromatic N) is 1. The molecule has 1 N–H and O–H groups in total. The summed E-state index contributed by atoms with van der Waals surface area (Å²) in [6, 6.07) is 6.14. The van der Waals surface area contributed by atoms with Crippen LogP contribution in [0, 0.1) is 20.8 Å². The fourth-order valence-corrected chi connectivity index (χ4v) is 1.89. The molecule has 0 aliphatic carbocycles. The molecule has 0 aliphatic heterocycles.